The summed E-state index contributed by atoms with van der Waals surface area (Å²) in [4.78, 5) is 2.15. The lowest BCUT2D eigenvalue weighted by atomic mass is 10.2. The van der Waals surface area contributed by atoms with Crippen molar-refractivity contribution in [3.05, 3.63) is 56.7 Å². The molecule has 0 fully saturated rings. The molecule has 1 aromatic heterocycles. The zero-order valence-electron chi connectivity index (χ0n) is 10.9. The Morgan fingerprint density at radius 3 is 2.65 bits per heavy atom. The van der Waals surface area contributed by atoms with Crippen LogP contribution in [0.25, 0.3) is 0 Å². The average Bonchev–Trinajstić information content (AvgIpc) is 2.89. The van der Waals surface area contributed by atoms with Gasteiger partial charge in [-0.2, -0.15) is 0 Å². The SMILES string of the molecule is OCCC#Cc1ccc(COCc2ccc(Cl)cc2)s1. The largest absolute Gasteiger partial charge is 0.395 e. The van der Waals surface area contributed by atoms with Gasteiger partial charge in [0.2, 0.25) is 0 Å². The highest BCUT2D eigenvalue weighted by Crippen LogP contribution is 2.17. The molecule has 0 unspecified atom stereocenters. The smallest absolute Gasteiger partial charge is 0.0814 e. The van der Waals surface area contributed by atoms with Crippen LogP contribution >= 0.6 is 22.9 Å². The minimum absolute atomic E-state index is 0.107. The molecule has 104 valence electrons. The van der Waals surface area contributed by atoms with Gasteiger partial charge in [0.25, 0.3) is 0 Å². The van der Waals surface area contributed by atoms with Crippen LogP contribution in [0.15, 0.2) is 36.4 Å². The number of hydrogen-bond acceptors (Lipinski definition) is 3. The van der Waals surface area contributed by atoms with Crippen LogP contribution < -0.4 is 0 Å². The van der Waals surface area contributed by atoms with Crippen molar-refractivity contribution in [2.24, 2.45) is 0 Å². The molecule has 1 N–H and O–H groups in total. The van der Waals surface area contributed by atoms with E-state index in [0.29, 0.717) is 19.6 Å². The predicted molar refractivity (Wildman–Crippen MR) is 82.8 cm³/mol. The molecule has 2 aromatic rings. The Morgan fingerprint density at radius 1 is 1.10 bits per heavy atom. The average molecular weight is 307 g/mol. The van der Waals surface area contributed by atoms with Gasteiger partial charge in [0.05, 0.1) is 24.7 Å². The molecule has 0 bridgehead atoms. The first-order chi connectivity index (χ1) is 9.78. The van der Waals surface area contributed by atoms with Gasteiger partial charge in [-0.1, -0.05) is 35.6 Å². The fraction of sp³-hybridized carbons (Fsp3) is 0.250. The molecule has 0 radical (unpaired) electrons. The summed E-state index contributed by atoms with van der Waals surface area (Å²) in [5.74, 6) is 5.93. The van der Waals surface area contributed by atoms with Crippen LogP contribution in [0.4, 0.5) is 0 Å². The molecule has 2 rings (SSSR count). The van der Waals surface area contributed by atoms with Gasteiger partial charge >= 0.3 is 0 Å². The standard InChI is InChI=1S/C16H15ClO2S/c17-14-6-4-13(5-7-14)11-19-12-16-9-8-15(20-16)3-1-2-10-18/h4-9,18H,2,10-12H2. The van der Waals surface area contributed by atoms with Crippen LogP contribution in [0.3, 0.4) is 0 Å². The third-order valence-electron chi connectivity index (χ3n) is 2.54. The topological polar surface area (TPSA) is 29.5 Å². The maximum absolute atomic E-state index is 8.66. The number of benzene rings is 1. The van der Waals surface area contributed by atoms with Gasteiger partial charge in [0.1, 0.15) is 0 Å². The molecular weight excluding hydrogens is 292 g/mol. The Kier molecular flexibility index (Phi) is 6.10. The van der Waals surface area contributed by atoms with Gasteiger partial charge in [-0.15, -0.1) is 11.3 Å². The minimum Gasteiger partial charge on any atom is -0.395 e. The zero-order valence-corrected chi connectivity index (χ0v) is 12.5. The van der Waals surface area contributed by atoms with Crippen molar-refractivity contribution >= 4 is 22.9 Å². The Balaban J connectivity index is 1.80. The second-order valence-electron chi connectivity index (χ2n) is 4.16. The highest BCUT2D eigenvalue weighted by molar-refractivity contribution is 7.12. The molecule has 0 atom stereocenters. The normalized spacial score (nSPS) is 10.1. The summed E-state index contributed by atoms with van der Waals surface area (Å²) in [5.41, 5.74) is 1.11. The van der Waals surface area contributed by atoms with Crippen molar-refractivity contribution in [3.8, 4) is 11.8 Å². The second-order valence-corrected chi connectivity index (χ2v) is 5.77. The van der Waals surface area contributed by atoms with E-state index in [1.54, 1.807) is 11.3 Å². The van der Waals surface area contributed by atoms with Crippen molar-refractivity contribution in [1.29, 1.82) is 0 Å². The molecule has 0 saturated carbocycles. The van der Waals surface area contributed by atoms with Crippen LogP contribution in [0, 0.1) is 11.8 Å². The lowest BCUT2D eigenvalue weighted by Crippen LogP contribution is -1.91. The third kappa shape index (κ3) is 4.99. The summed E-state index contributed by atoms with van der Waals surface area (Å²) in [6.45, 7) is 1.25. The van der Waals surface area contributed by atoms with Crippen LogP contribution in [-0.4, -0.2) is 11.7 Å². The monoisotopic (exact) mass is 306 g/mol. The maximum atomic E-state index is 8.66. The van der Waals surface area contributed by atoms with E-state index in [1.807, 2.05) is 36.4 Å². The molecular formula is C16H15ClO2S. The van der Waals surface area contributed by atoms with E-state index in [1.165, 1.54) is 0 Å². The quantitative estimate of drug-likeness (QED) is 0.850. The van der Waals surface area contributed by atoms with Crippen LogP contribution in [0.2, 0.25) is 5.02 Å². The third-order valence-corrected chi connectivity index (χ3v) is 3.76. The first-order valence-electron chi connectivity index (χ1n) is 6.28. The molecule has 0 saturated heterocycles. The van der Waals surface area contributed by atoms with Gasteiger partial charge < -0.3 is 9.84 Å². The first kappa shape index (κ1) is 15.1. The molecule has 4 heteroatoms. The Morgan fingerprint density at radius 2 is 1.90 bits per heavy atom. The van der Waals surface area contributed by atoms with Gasteiger partial charge in [-0.3, -0.25) is 0 Å². The molecule has 0 amide bonds. The molecule has 0 aliphatic heterocycles. The maximum Gasteiger partial charge on any atom is 0.0814 e. The van der Waals surface area contributed by atoms with Gasteiger partial charge in [0.15, 0.2) is 0 Å². The van der Waals surface area contributed by atoms with E-state index in [-0.39, 0.29) is 6.61 Å². The Bertz CT molecular complexity index is 593. The molecule has 0 aliphatic rings. The summed E-state index contributed by atoms with van der Waals surface area (Å²) < 4.78 is 5.66. The van der Waals surface area contributed by atoms with Crippen molar-refractivity contribution in [3.63, 3.8) is 0 Å². The summed E-state index contributed by atoms with van der Waals surface area (Å²) in [7, 11) is 0. The van der Waals surface area contributed by atoms with E-state index in [2.05, 4.69) is 11.8 Å². The second kappa shape index (κ2) is 8.08. The van der Waals surface area contributed by atoms with Crippen LogP contribution in [0.1, 0.15) is 21.7 Å². The van der Waals surface area contributed by atoms with Gasteiger partial charge in [0, 0.05) is 16.3 Å². The van der Waals surface area contributed by atoms with Crippen molar-refractivity contribution in [1.82, 2.24) is 0 Å². The Labute approximate surface area is 128 Å². The van der Waals surface area contributed by atoms with E-state index < -0.39 is 0 Å². The summed E-state index contributed by atoms with van der Waals surface area (Å²) >= 11 is 7.45. The number of hydrogen-bond donors (Lipinski definition) is 1. The molecule has 20 heavy (non-hydrogen) atoms. The number of aliphatic hydroxyl groups excluding tert-OH is 1. The van der Waals surface area contributed by atoms with Crippen molar-refractivity contribution < 1.29 is 9.84 Å². The highest BCUT2D eigenvalue weighted by Gasteiger charge is 1.99. The van der Waals surface area contributed by atoms with Crippen LogP contribution in [-0.2, 0) is 18.0 Å². The lowest BCUT2D eigenvalue weighted by molar-refractivity contribution is 0.109. The number of thiophene rings is 1. The summed E-state index contributed by atoms with van der Waals surface area (Å²) in [5, 5.41) is 9.40. The molecule has 1 aromatic carbocycles. The van der Waals surface area contributed by atoms with Gasteiger partial charge in [-0.25, -0.2) is 0 Å². The molecule has 0 aliphatic carbocycles. The van der Waals surface area contributed by atoms with Gasteiger partial charge in [-0.05, 0) is 29.8 Å². The number of aliphatic hydroxyl groups is 1. The van der Waals surface area contributed by atoms with E-state index in [0.717, 1.165) is 20.3 Å². The highest BCUT2D eigenvalue weighted by atomic mass is 35.5. The van der Waals surface area contributed by atoms with Crippen molar-refractivity contribution in [2.45, 2.75) is 19.6 Å². The summed E-state index contributed by atoms with van der Waals surface area (Å²) in [6.07, 6.45) is 0.514. The fourth-order valence-corrected chi connectivity index (χ4v) is 2.52. The number of halogens is 1. The fourth-order valence-electron chi connectivity index (χ4n) is 1.58. The van der Waals surface area contributed by atoms with Crippen LogP contribution in [0.5, 0.6) is 0 Å². The predicted octanol–water partition coefficient (Wildman–Crippen LogP) is 3.85. The van der Waals surface area contributed by atoms with E-state index in [9.17, 15) is 0 Å². The molecule has 2 nitrogen and oxygen atoms in total. The lowest BCUT2D eigenvalue weighted by Gasteiger charge is -2.02. The van der Waals surface area contributed by atoms with E-state index in [4.69, 9.17) is 21.4 Å². The first-order valence-corrected chi connectivity index (χ1v) is 7.48. The Hall–Kier alpha value is -1.31. The molecule has 0 spiro atoms. The van der Waals surface area contributed by atoms with E-state index >= 15 is 0 Å². The zero-order chi connectivity index (χ0) is 14.2. The summed E-state index contributed by atoms with van der Waals surface area (Å²) in [6, 6.07) is 11.6. The number of rotatable bonds is 5. The number of ether oxygens (including phenoxy) is 1. The van der Waals surface area contributed by atoms with Crippen molar-refractivity contribution in [2.75, 3.05) is 6.61 Å². The molecule has 1 heterocycles. The minimum atomic E-state index is 0.107.